The second kappa shape index (κ2) is 8.69. The van der Waals surface area contributed by atoms with Crippen molar-refractivity contribution in [1.82, 2.24) is 9.13 Å². The van der Waals surface area contributed by atoms with E-state index < -0.39 is 29.6 Å². The molecule has 0 unspecified atom stereocenters. The maximum absolute atomic E-state index is 12.5. The first kappa shape index (κ1) is 21.1. The van der Waals surface area contributed by atoms with Crippen LogP contribution in [0.25, 0.3) is 0 Å². The van der Waals surface area contributed by atoms with Gasteiger partial charge in [-0.3, -0.25) is 23.5 Å². The molecule has 0 radical (unpaired) electrons. The topological polar surface area (TPSA) is 113 Å². The van der Waals surface area contributed by atoms with E-state index in [4.69, 9.17) is 10.5 Å². The Hall–Kier alpha value is -3.16. The van der Waals surface area contributed by atoms with Crippen molar-refractivity contribution >= 4 is 17.6 Å². The number of hydrogen-bond donors (Lipinski definition) is 1. The van der Waals surface area contributed by atoms with Crippen LogP contribution in [-0.4, -0.2) is 27.5 Å². The first-order valence-corrected chi connectivity index (χ1v) is 9.01. The van der Waals surface area contributed by atoms with Gasteiger partial charge in [-0.15, -0.1) is 0 Å². The number of carbonyl (C=O) groups excluding carboxylic acids is 2. The van der Waals surface area contributed by atoms with Gasteiger partial charge in [0.1, 0.15) is 11.4 Å². The van der Waals surface area contributed by atoms with E-state index in [1.165, 1.54) is 11.6 Å². The number of nitrogen functional groups attached to an aromatic ring is 1. The fraction of sp³-hybridized carbons (Fsp3) is 0.400. The van der Waals surface area contributed by atoms with Crippen LogP contribution in [0.1, 0.15) is 40.4 Å². The smallest absolute Gasteiger partial charge is 0.332 e. The Morgan fingerprint density at radius 1 is 1.14 bits per heavy atom. The Bertz CT molecular complexity index is 1030. The number of ketones is 1. The van der Waals surface area contributed by atoms with Crippen LogP contribution in [0.5, 0.6) is 0 Å². The van der Waals surface area contributed by atoms with Crippen molar-refractivity contribution in [1.29, 1.82) is 0 Å². The largest absolute Gasteiger partial charge is 0.457 e. The zero-order valence-electron chi connectivity index (χ0n) is 16.6. The van der Waals surface area contributed by atoms with E-state index in [2.05, 4.69) is 0 Å². The van der Waals surface area contributed by atoms with Crippen LogP contribution >= 0.6 is 0 Å². The summed E-state index contributed by atoms with van der Waals surface area (Å²) < 4.78 is 7.03. The van der Waals surface area contributed by atoms with E-state index in [1.54, 1.807) is 0 Å². The second-order valence-corrected chi connectivity index (χ2v) is 6.74. The summed E-state index contributed by atoms with van der Waals surface area (Å²) in [6, 6.07) is 5.61. The average Bonchev–Trinajstić information content (AvgIpc) is 2.65. The van der Waals surface area contributed by atoms with Gasteiger partial charge in [-0.05, 0) is 37.0 Å². The highest BCUT2D eigenvalue weighted by molar-refractivity contribution is 6.01. The molecule has 28 heavy (non-hydrogen) atoms. The predicted octanol–water partition coefficient (Wildman–Crippen LogP) is 1.12. The first-order chi connectivity index (χ1) is 13.2. The number of aromatic nitrogens is 2. The number of hydrogen-bond acceptors (Lipinski definition) is 6. The third-order valence-corrected chi connectivity index (χ3v) is 4.59. The van der Waals surface area contributed by atoms with Gasteiger partial charge < -0.3 is 10.5 Å². The van der Waals surface area contributed by atoms with Gasteiger partial charge in [-0.2, -0.15) is 0 Å². The summed E-state index contributed by atoms with van der Waals surface area (Å²) in [6.07, 6.45) is 0.609. The summed E-state index contributed by atoms with van der Waals surface area (Å²) in [4.78, 5) is 49.0. The summed E-state index contributed by atoms with van der Waals surface area (Å²) in [5.74, 6) is -1.53. The zero-order valence-corrected chi connectivity index (χ0v) is 16.6. The molecule has 0 aliphatic heterocycles. The maximum atomic E-state index is 12.5. The molecule has 8 nitrogen and oxygen atoms in total. The van der Waals surface area contributed by atoms with E-state index in [-0.39, 0.29) is 24.3 Å². The van der Waals surface area contributed by atoms with E-state index in [0.29, 0.717) is 6.42 Å². The monoisotopic (exact) mass is 387 g/mol. The summed E-state index contributed by atoms with van der Waals surface area (Å²) in [5, 5.41) is 0. The van der Waals surface area contributed by atoms with Crippen molar-refractivity contribution in [2.75, 3.05) is 12.3 Å². The number of ether oxygens (including phenoxy) is 1. The van der Waals surface area contributed by atoms with Gasteiger partial charge in [0.2, 0.25) is 5.78 Å². The SMILES string of the molecule is CCCn1c(N)c(C(=O)COC(=O)Cc2ccc(C)c(C)c2)c(=O)n(C)c1=O. The fourth-order valence-corrected chi connectivity index (χ4v) is 2.83. The minimum absolute atomic E-state index is 0.0111. The molecule has 0 fully saturated rings. The van der Waals surface area contributed by atoms with Gasteiger partial charge in [-0.25, -0.2) is 4.79 Å². The molecule has 8 heteroatoms. The quantitative estimate of drug-likeness (QED) is 0.563. The number of esters is 1. The molecular formula is C20H25N3O5. The number of anilines is 1. The molecule has 0 atom stereocenters. The molecule has 150 valence electrons. The number of benzene rings is 1. The summed E-state index contributed by atoms with van der Waals surface area (Å²) in [5.41, 5.74) is 7.09. The summed E-state index contributed by atoms with van der Waals surface area (Å²) >= 11 is 0. The van der Waals surface area contributed by atoms with Gasteiger partial charge in [-0.1, -0.05) is 25.1 Å². The molecule has 0 spiro atoms. The van der Waals surface area contributed by atoms with Crippen molar-refractivity contribution < 1.29 is 14.3 Å². The van der Waals surface area contributed by atoms with Crippen molar-refractivity contribution in [2.24, 2.45) is 7.05 Å². The maximum Gasteiger partial charge on any atom is 0.332 e. The van der Waals surface area contributed by atoms with Crippen LogP contribution in [0, 0.1) is 13.8 Å². The van der Waals surface area contributed by atoms with Gasteiger partial charge in [0.15, 0.2) is 6.61 Å². The van der Waals surface area contributed by atoms with Gasteiger partial charge in [0.05, 0.1) is 6.42 Å². The van der Waals surface area contributed by atoms with Crippen LogP contribution < -0.4 is 17.0 Å². The van der Waals surface area contributed by atoms with Crippen LogP contribution in [0.2, 0.25) is 0 Å². The third kappa shape index (κ3) is 4.39. The highest BCUT2D eigenvalue weighted by Gasteiger charge is 2.22. The van der Waals surface area contributed by atoms with Crippen LogP contribution in [0.3, 0.4) is 0 Å². The summed E-state index contributed by atoms with van der Waals surface area (Å²) in [7, 11) is 1.28. The van der Waals surface area contributed by atoms with Gasteiger partial charge in [0, 0.05) is 13.6 Å². The summed E-state index contributed by atoms with van der Waals surface area (Å²) in [6.45, 7) is 5.41. The molecule has 2 aromatic rings. The van der Waals surface area contributed by atoms with Gasteiger partial charge >= 0.3 is 11.7 Å². The standard InChI is InChI=1S/C20H25N3O5/c1-5-8-23-18(21)17(19(26)22(4)20(23)27)15(24)11-28-16(25)10-14-7-6-12(2)13(3)9-14/h6-7,9H,5,8,10-11,21H2,1-4H3. The highest BCUT2D eigenvalue weighted by Crippen LogP contribution is 2.11. The Kier molecular flexibility index (Phi) is 6.56. The third-order valence-electron chi connectivity index (χ3n) is 4.59. The second-order valence-electron chi connectivity index (χ2n) is 6.74. The molecule has 0 saturated heterocycles. The molecule has 2 N–H and O–H groups in total. The molecular weight excluding hydrogens is 362 g/mol. The molecule has 0 saturated carbocycles. The van der Waals surface area contributed by atoms with Crippen LogP contribution in [0.15, 0.2) is 27.8 Å². The molecule has 0 aliphatic rings. The van der Waals surface area contributed by atoms with E-state index >= 15 is 0 Å². The molecule has 2 rings (SSSR count). The lowest BCUT2D eigenvalue weighted by molar-refractivity contribution is -0.141. The Morgan fingerprint density at radius 3 is 2.43 bits per heavy atom. The van der Waals surface area contributed by atoms with Gasteiger partial charge in [0.25, 0.3) is 5.56 Å². The molecule has 1 aromatic carbocycles. The zero-order chi connectivity index (χ0) is 21.0. The number of carbonyl (C=O) groups is 2. The lowest BCUT2D eigenvalue weighted by atomic mass is 10.0. The average molecular weight is 387 g/mol. The van der Waals surface area contributed by atoms with Crippen molar-refractivity contribution in [3.63, 3.8) is 0 Å². The Morgan fingerprint density at radius 2 is 1.82 bits per heavy atom. The number of nitrogens with zero attached hydrogens (tertiary/aromatic N) is 2. The lowest BCUT2D eigenvalue weighted by Gasteiger charge is -2.14. The minimum atomic E-state index is -0.801. The molecule has 0 bridgehead atoms. The molecule has 0 aliphatic carbocycles. The normalized spacial score (nSPS) is 10.7. The first-order valence-electron chi connectivity index (χ1n) is 9.01. The minimum Gasteiger partial charge on any atom is -0.457 e. The number of rotatable bonds is 7. The Labute approximate surface area is 162 Å². The van der Waals surface area contributed by atoms with E-state index in [0.717, 1.165) is 21.3 Å². The number of nitrogens with two attached hydrogens (primary N) is 1. The van der Waals surface area contributed by atoms with E-state index in [9.17, 15) is 19.2 Å². The predicted molar refractivity (Wildman–Crippen MR) is 106 cm³/mol. The lowest BCUT2D eigenvalue weighted by Crippen LogP contribution is -2.43. The van der Waals surface area contributed by atoms with Crippen molar-refractivity contribution in [2.45, 2.75) is 40.2 Å². The highest BCUT2D eigenvalue weighted by atomic mass is 16.5. The van der Waals surface area contributed by atoms with Crippen molar-refractivity contribution in [3.8, 4) is 0 Å². The molecule has 1 heterocycles. The molecule has 0 amide bonds. The van der Waals surface area contributed by atoms with Crippen LogP contribution in [0.4, 0.5) is 5.82 Å². The van der Waals surface area contributed by atoms with E-state index in [1.807, 2.05) is 39.0 Å². The number of aryl methyl sites for hydroxylation is 2. The van der Waals surface area contributed by atoms with Crippen molar-refractivity contribution in [3.05, 3.63) is 61.3 Å². The Balaban J connectivity index is 2.16. The fourth-order valence-electron chi connectivity index (χ4n) is 2.83. The van der Waals surface area contributed by atoms with Crippen LogP contribution in [-0.2, 0) is 29.5 Å². The number of Topliss-reactive ketones (excluding diaryl/α,β-unsaturated/α-hetero) is 1. The molecule has 1 aromatic heterocycles.